The van der Waals surface area contributed by atoms with E-state index in [1.165, 1.54) is 11.8 Å². The first-order valence-electron chi connectivity index (χ1n) is 8.32. The smallest absolute Gasteiger partial charge is 0.317 e. The molecule has 0 aromatic heterocycles. The van der Waals surface area contributed by atoms with E-state index in [2.05, 4.69) is 5.32 Å². The maximum Gasteiger partial charge on any atom is 0.317 e. The first-order chi connectivity index (χ1) is 13.3. The summed E-state index contributed by atoms with van der Waals surface area (Å²) < 4.78 is 31.9. The molecule has 9 heteroatoms. The topological polar surface area (TPSA) is 75.7 Å². The van der Waals surface area contributed by atoms with E-state index in [1.54, 1.807) is 24.3 Å². The van der Waals surface area contributed by atoms with Gasteiger partial charge in [-0.05, 0) is 37.3 Å². The van der Waals surface area contributed by atoms with Gasteiger partial charge in [0.05, 0.1) is 17.1 Å². The van der Waals surface area contributed by atoms with Gasteiger partial charge in [0.25, 0.3) is 5.91 Å². The minimum atomic E-state index is -1.15. The molecule has 28 heavy (non-hydrogen) atoms. The van der Waals surface area contributed by atoms with Gasteiger partial charge < -0.3 is 10.1 Å². The Labute approximate surface area is 163 Å². The second-order valence-electron chi connectivity index (χ2n) is 5.99. The van der Waals surface area contributed by atoms with Crippen LogP contribution in [0, 0.1) is 11.6 Å². The fourth-order valence-electron chi connectivity index (χ4n) is 2.66. The van der Waals surface area contributed by atoms with Crippen LogP contribution < -0.4 is 10.2 Å². The van der Waals surface area contributed by atoms with Gasteiger partial charge in [0.15, 0.2) is 6.10 Å². The van der Waals surface area contributed by atoms with Crippen molar-refractivity contribution in [3.8, 4) is 0 Å². The monoisotopic (exact) mass is 406 g/mol. The van der Waals surface area contributed by atoms with Crippen molar-refractivity contribution < 1.29 is 27.9 Å². The fraction of sp³-hybridized carbons (Fsp3) is 0.211. The molecular formula is C19H16F2N2O4S. The third-order valence-electron chi connectivity index (χ3n) is 3.93. The molecule has 1 aliphatic rings. The number of carbonyl (C=O) groups excluding carboxylic acids is 3. The molecular weight excluding hydrogens is 390 g/mol. The number of benzene rings is 2. The molecule has 0 fully saturated rings. The Kier molecular flexibility index (Phi) is 5.93. The van der Waals surface area contributed by atoms with Gasteiger partial charge in [-0.2, -0.15) is 0 Å². The number of ether oxygens (including phenoxy) is 1. The quantitative estimate of drug-likeness (QED) is 0.610. The van der Waals surface area contributed by atoms with Crippen LogP contribution in [0.5, 0.6) is 0 Å². The number of fused-ring (bicyclic) bond motifs is 1. The van der Waals surface area contributed by atoms with Crippen molar-refractivity contribution in [2.75, 3.05) is 22.5 Å². The van der Waals surface area contributed by atoms with E-state index in [-0.39, 0.29) is 23.1 Å². The van der Waals surface area contributed by atoms with E-state index in [1.807, 2.05) is 0 Å². The first-order valence-corrected chi connectivity index (χ1v) is 9.31. The molecule has 146 valence electrons. The largest absolute Gasteiger partial charge is 0.452 e. The number of para-hydroxylation sites is 2. The number of anilines is 2. The SMILES string of the molecule is C[C@@H](OC(=O)CSc1cc(F)ccc1F)C(=O)N1CC(=O)Nc2ccccc21. The molecule has 0 saturated carbocycles. The number of nitrogens with zero attached hydrogens (tertiary/aromatic N) is 1. The van der Waals surface area contributed by atoms with Crippen LogP contribution in [0.4, 0.5) is 20.2 Å². The van der Waals surface area contributed by atoms with Crippen molar-refractivity contribution in [3.63, 3.8) is 0 Å². The number of esters is 1. The maximum absolute atomic E-state index is 13.6. The Bertz CT molecular complexity index is 938. The molecule has 1 atom stereocenters. The molecule has 2 amide bonds. The standard InChI is InChI=1S/C19H16F2N2O4S/c1-11(27-18(25)10-28-16-8-12(20)6-7-13(16)21)19(26)23-9-17(24)22-14-4-2-3-5-15(14)23/h2-8,11H,9-10H2,1H3,(H,22,24)/t11-/m1/s1. The van der Waals surface area contributed by atoms with Gasteiger partial charge in [0, 0.05) is 4.90 Å². The summed E-state index contributed by atoms with van der Waals surface area (Å²) in [6.07, 6.45) is -1.15. The molecule has 0 unspecified atom stereocenters. The van der Waals surface area contributed by atoms with Crippen LogP contribution in [-0.2, 0) is 19.1 Å². The van der Waals surface area contributed by atoms with Gasteiger partial charge in [-0.25, -0.2) is 8.78 Å². The molecule has 6 nitrogen and oxygen atoms in total. The lowest BCUT2D eigenvalue weighted by molar-refractivity contribution is -0.151. The van der Waals surface area contributed by atoms with Crippen LogP contribution in [0.25, 0.3) is 0 Å². The van der Waals surface area contributed by atoms with E-state index < -0.39 is 29.6 Å². The summed E-state index contributed by atoms with van der Waals surface area (Å²) >= 11 is 0.769. The molecule has 0 aliphatic carbocycles. The lowest BCUT2D eigenvalue weighted by Gasteiger charge is -2.30. The van der Waals surface area contributed by atoms with Gasteiger partial charge >= 0.3 is 5.97 Å². The molecule has 1 heterocycles. The van der Waals surface area contributed by atoms with Crippen LogP contribution in [-0.4, -0.2) is 36.2 Å². The minimum Gasteiger partial charge on any atom is -0.452 e. The third-order valence-corrected chi connectivity index (χ3v) is 4.94. The lowest BCUT2D eigenvalue weighted by Crippen LogP contribution is -2.47. The summed E-state index contributed by atoms with van der Waals surface area (Å²) in [5.74, 6) is -3.25. The van der Waals surface area contributed by atoms with Gasteiger partial charge in [0.1, 0.15) is 18.2 Å². The second-order valence-corrected chi connectivity index (χ2v) is 7.00. The summed E-state index contributed by atoms with van der Waals surface area (Å²) in [5, 5.41) is 2.66. The highest BCUT2D eigenvalue weighted by atomic mass is 32.2. The van der Waals surface area contributed by atoms with E-state index in [0.29, 0.717) is 11.4 Å². The molecule has 1 aliphatic heterocycles. The number of hydrogen-bond donors (Lipinski definition) is 1. The summed E-state index contributed by atoms with van der Waals surface area (Å²) in [7, 11) is 0. The van der Waals surface area contributed by atoms with Gasteiger partial charge in [-0.15, -0.1) is 11.8 Å². The summed E-state index contributed by atoms with van der Waals surface area (Å²) in [5.41, 5.74) is 0.994. The molecule has 0 bridgehead atoms. The van der Waals surface area contributed by atoms with Gasteiger partial charge in [-0.1, -0.05) is 12.1 Å². The van der Waals surface area contributed by atoms with Crippen molar-refractivity contribution in [2.45, 2.75) is 17.9 Å². The predicted octanol–water partition coefficient (Wildman–Crippen LogP) is 2.97. The zero-order valence-electron chi connectivity index (χ0n) is 14.8. The molecule has 0 radical (unpaired) electrons. The maximum atomic E-state index is 13.6. The lowest BCUT2D eigenvalue weighted by atomic mass is 10.1. The minimum absolute atomic E-state index is 0.0300. The number of thioether (sulfide) groups is 1. The van der Waals surface area contributed by atoms with Crippen LogP contribution in [0.2, 0.25) is 0 Å². The average Bonchev–Trinajstić information content (AvgIpc) is 2.67. The van der Waals surface area contributed by atoms with Crippen LogP contribution in [0.1, 0.15) is 6.92 Å². The zero-order chi connectivity index (χ0) is 20.3. The van der Waals surface area contributed by atoms with Crippen molar-refractivity contribution in [1.29, 1.82) is 0 Å². The van der Waals surface area contributed by atoms with Crippen molar-refractivity contribution in [2.24, 2.45) is 0 Å². The van der Waals surface area contributed by atoms with Crippen LogP contribution in [0.15, 0.2) is 47.4 Å². The fourth-order valence-corrected chi connectivity index (χ4v) is 3.40. The highest BCUT2D eigenvalue weighted by molar-refractivity contribution is 8.00. The summed E-state index contributed by atoms with van der Waals surface area (Å²) in [4.78, 5) is 37.7. The Morgan fingerprint density at radius 1 is 1.25 bits per heavy atom. The van der Waals surface area contributed by atoms with Crippen LogP contribution >= 0.6 is 11.8 Å². The Morgan fingerprint density at radius 3 is 2.79 bits per heavy atom. The third kappa shape index (κ3) is 4.48. The molecule has 1 N–H and O–H groups in total. The molecule has 2 aromatic rings. The molecule has 2 aromatic carbocycles. The van der Waals surface area contributed by atoms with Crippen molar-refractivity contribution >= 4 is 40.9 Å². The summed E-state index contributed by atoms with van der Waals surface area (Å²) in [6, 6.07) is 9.69. The van der Waals surface area contributed by atoms with Crippen molar-refractivity contribution in [1.82, 2.24) is 0 Å². The number of hydrogen-bond acceptors (Lipinski definition) is 5. The highest BCUT2D eigenvalue weighted by Crippen LogP contribution is 2.29. The molecule has 0 spiro atoms. The predicted molar refractivity (Wildman–Crippen MR) is 100 cm³/mol. The normalized spacial score (nSPS) is 14.1. The Hall–Kier alpha value is -2.94. The van der Waals surface area contributed by atoms with Crippen LogP contribution in [0.3, 0.4) is 0 Å². The molecule has 0 saturated heterocycles. The van der Waals surface area contributed by atoms with Gasteiger partial charge in [0.2, 0.25) is 5.91 Å². The van der Waals surface area contributed by atoms with Gasteiger partial charge in [-0.3, -0.25) is 19.3 Å². The average molecular weight is 406 g/mol. The van der Waals surface area contributed by atoms with E-state index >= 15 is 0 Å². The Balaban J connectivity index is 1.62. The highest BCUT2D eigenvalue weighted by Gasteiger charge is 2.31. The van der Waals surface area contributed by atoms with E-state index in [9.17, 15) is 23.2 Å². The van der Waals surface area contributed by atoms with E-state index in [4.69, 9.17) is 4.74 Å². The zero-order valence-corrected chi connectivity index (χ0v) is 15.6. The Morgan fingerprint density at radius 2 is 2.00 bits per heavy atom. The second kappa shape index (κ2) is 8.39. The number of carbonyl (C=O) groups is 3. The number of amides is 2. The summed E-state index contributed by atoms with van der Waals surface area (Å²) in [6.45, 7) is 1.20. The first kappa shape index (κ1) is 19.8. The number of rotatable bonds is 5. The number of halogens is 2. The number of nitrogens with one attached hydrogen (secondary N) is 1. The van der Waals surface area contributed by atoms with E-state index in [0.717, 1.165) is 30.0 Å². The van der Waals surface area contributed by atoms with Crippen molar-refractivity contribution in [3.05, 3.63) is 54.1 Å². The molecule has 3 rings (SSSR count).